The molecule has 0 aliphatic rings. The summed E-state index contributed by atoms with van der Waals surface area (Å²) in [4.78, 5) is 0. The number of benzene rings is 1. The first-order valence-corrected chi connectivity index (χ1v) is 5.80. The van der Waals surface area contributed by atoms with E-state index < -0.39 is 0 Å². The first-order valence-electron chi connectivity index (χ1n) is 5.80. The SMILES string of the molecule is C.CC.CCc1ccc(CC(C)C)cc1. The van der Waals surface area contributed by atoms with Gasteiger partial charge in [0.15, 0.2) is 0 Å². The van der Waals surface area contributed by atoms with E-state index in [1.165, 1.54) is 17.5 Å². The second-order valence-corrected chi connectivity index (χ2v) is 3.77. The van der Waals surface area contributed by atoms with Crippen LogP contribution in [0, 0.1) is 5.92 Å². The van der Waals surface area contributed by atoms with E-state index in [4.69, 9.17) is 0 Å². The van der Waals surface area contributed by atoms with Gasteiger partial charge in [-0.15, -0.1) is 0 Å². The Bertz CT molecular complexity index is 218. The van der Waals surface area contributed by atoms with Gasteiger partial charge in [-0.25, -0.2) is 0 Å². The van der Waals surface area contributed by atoms with Gasteiger partial charge in [0.25, 0.3) is 0 Å². The maximum atomic E-state index is 2.26. The molecule has 15 heavy (non-hydrogen) atoms. The number of hydrogen-bond acceptors (Lipinski definition) is 0. The highest BCUT2D eigenvalue weighted by atomic mass is 14.0. The minimum absolute atomic E-state index is 0. The Morgan fingerprint density at radius 1 is 0.933 bits per heavy atom. The molecule has 0 aliphatic heterocycles. The lowest BCUT2D eigenvalue weighted by molar-refractivity contribution is 0.647. The van der Waals surface area contributed by atoms with Crippen LogP contribution in [0.2, 0.25) is 0 Å². The lowest BCUT2D eigenvalue weighted by Crippen LogP contribution is -1.93. The van der Waals surface area contributed by atoms with Gasteiger partial charge in [-0.1, -0.05) is 66.3 Å². The Morgan fingerprint density at radius 3 is 1.67 bits per heavy atom. The van der Waals surface area contributed by atoms with Crippen molar-refractivity contribution in [1.82, 2.24) is 0 Å². The van der Waals surface area contributed by atoms with Gasteiger partial charge in [0.05, 0.1) is 0 Å². The summed E-state index contributed by atoms with van der Waals surface area (Å²) in [5.41, 5.74) is 2.89. The van der Waals surface area contributed by atoms with Crippen LogP contribution in [0.1, 0.15) is 53.2 Å². The smallest absolute Gasteiger partial charge is 0.0256 e. The molecule has 0 aromatic heterocycles. The zero-order valence-electron chi connectivity index (χ0n) is 10.3. The Balaban J connectivity index is 0. The van der Waals surface area contributed by atoms with Crippen LogP contribution in [0.3, 0.4) is 0 Å². The van der Waals surface area contributed by atoms with Crippen LogP contribution in [-0.2, 0) is 12.8 Å². The lowest BCUT2D eigenvalue weighted by atomic mass is 10.0. The van der Waals surface area contributed by atoms with Gasteiger partial charge in [0.2, 0.25) is 0 Å². The van der Waals surface area contributed by atoms with Gasteiger partial charge in [-0.05, 0) is 29.9 Å². The molecule has 88 valence electrons. The Labute approximate surface area is 96.7 Å². The van der Waals surface area contributed by atoms with Crippen LogP contribution in [0.15, 0.2) is 24.3 Å². The molecule has 0 N–H and O–H groups in total. The van der Waals surface area contributed by atoms with Crippen LogP contribution in [0.4, 0.5) is 0 Å². The predicted octanol–water partition coefficient (Wildman–Crippen LogP) is 5.11. The molecule has 0 heteroatoms. The molecule has 0 atom stereocenters. The molecular formula is C15H28. The summed E-state index contributed by atoms with van der Waals surface area (Å²) < 4.78 is 0. The molecule has 0 saturated carbocycles. The largest absolute Gasteiger partial charge is 0.0776 e. The summed E-state index contributed by atoms with van der Waals surface area (Å²) in [6.07, 6.45) is 2.34. The van der Waals surface area contributed by atoms with Crippen molar-refractivity contribution in [2.24, 2.45) is 5.92 Å². The molecule has 0 amide bonds. The molecule has 0 heterocycles. The van der Waals surface area contributed by atoms with Gasteiger partial charge in [-0.3, -0.25) is 0 Å². The van der Waals surface area contributed by atoms with Crippen LogP contribution in [0.25, 0.3) is 0 Å². The number of aryl methyl sites for hydroxylation is 1. The third-order valence-corrected chi connectivity index (χ3v) is 2.08. The molecule has 1 rings (SSSR count). The summed E-state index contributed by atoms with van der Waals surface area (Å²) in [5, 5.41) is 0. The molecule has 0 aliphatic carbocycles. The Kier molecular flexibility index (Phi) is 10.8. The monoisotopic (exact) mass is 208 g/mol. The lowest BCUT2D eigenvalue weighted by Gasteiger charge is -2.05. The highest BCUT2D eigenvalue weighted by molar-refractivity contribution is 5.22. The summed E-state index contributed by atoms with van der Waals surface area (Å²) in [5.74, 6) is 0.762. The summed E-state index contributed by atoms with van der Waals surface area (Å²) >= 11 is 0. The van der Waals surface area contributed by atoms with Crippen molar-refractivity contribution in [2.45, 2.75) is 54.9 Å². The maximum absolute atomic E-state index is 2.26. The maximum Gasteiger partial charge on any atom is -0.0256 e. The summed E-state index contributed by atoms with van der Waals surface area (Å²) in [6.45, 7) is 10.7. The molecule has 0 radical (unpaired) electrons. The molecule has 0 saturated heterocycles. The molecule has 0 bridgehead atoms. The molecule has 1 aromatic carbocycles. The van der Waals surface area contributed by atoms with E-state index in [9.17, 15) is 0 Å². The van der Waals surface area contributed by atoms with E-state index in [2.05, 4.69) is 45.0 Å². The normalized spacial score (nSPS) is 8.93. The second kappa shape index (κ2) is 9.76. The number of hydrogen-bond donors (Lipinski definition) is 0. The first kappa shape index (κ1) is 16.6. The zero-order valence-corrected chi connectivity index (χ0v) is 10.3. The topological polar surface area (TPSA) is 0 Å². The van der Waals surface area contributed by atoms with Crippen molar-refractivity contribution in [2.75, 3.05) is 0 Å². The fourth-order valence-corrected chi connectivity index (χ4v) is 1.38. The van der Waals surface area contributed by atoms with E-state index in [1.54, 1.807) is 0 Å². The highest BCUT2D eigenvalue weighted by Gasteiger charge is 1.96. The molecule has 0 spiro atoms. The fraction of sp³-hybridized carbons (Fsp3) is 0.600. The van der Waals surface area contributed by atoms with Crippen molar-refractivity contribution >= 4 is 0 Å². The van der Waals surface area contributed by atoms with Gasteiger partial charge >= 0.3 is 0 Å². The standard InChI is InChI=1S/C12H18.C2H6.CH4/c1-4-11-5-7-12(8-6-11)9-10(2)3;1-2;/h5-8,10H,4,9H2,1-3H3;1-2H3;1H4. The minimum atomic E-state index is 0. The van der Waals surface area contributed by atoms with Crippen LogP contribution < -0.4 is 0 Å². The number of rotatable bonds is 3. The zero-order chi connectivity index (χ0) is 11.0. The van der Waals surface area contributed by atoms with Gasteiger partial charge < -0.3 is 0 Å². The fourth-order valence-electron chi connectivity index (χ4n) is 1.38. The molecule has 0 fully saturated rings. The average Bonchev–Trinajstić information content (AvgIpc) is 2.21. The van der Waals surface area contributed by atoms with E-state index in [0.29, 0.717) is 0 Å². The first-order chi connectivity index (χ1) is 6.72. The van der Waals surface area contributed by atoms with Gasteiger partial charge in [0, 0.05) is 0 Å². The average molecular weight is 208 g/mol. The van der Waals surface area contributed by atoms with Crippen LogP contribution >= 0.6 is 0 Å². The summed E-state index contributed by atoms with van der Waals surface area (Å²) in [7, 11) is 0. The third kappa shape index (κ3) is 7.18. The third-order valence-electron chi connectivity index (χ3n) is 2.08. The summed E-state index contributed by atoms with van der Waals surface area (Å²) in [6, 6.07) is 8.97. The van der Waals surface area contributed by atoms with Crippen LogP contribution in [0.5, 0.6) is 0 Å². The van der Waals surface area contributed by atoms with E-state index in [-0.39, 0.29) is 7.43 Å². The van der Waals surface area contributed by atoms with Crippen molar-refractivity contribution in [3.05, 3.63) is 35.4 Å². The predicted molar refractivity (Wildman–Crippen MR) is 72.4 cm³/mol. The van der Waals surface area contributed by atoms with Crippen molar-refractivity contribution < 1.29 is 0 Å². The van der Waals surface area contributed by atoms with E-state index >= 15 is 0 Å². The molecule has 1 aromatic rings. The van der Waals surface area contributed by atoms with Crippen LogP contribution in [-0.4, -0.2) is 0 Å². The van der Waals surface area contributed by atoms with Crippen molar-refractivity contribution in [1.29, 1.82) is 0 Å². The van der Waals surface area contributed by atoms with E-state index in [0.717, 1.165) is 12.3 Å². The second-order valence-electron chi connectivity index (χ2n) is 3.77. The Morgan fingerprint density at radius 2 is 1.33 bits per heavy atom. The molecule has 0 nitrogen and oxygen atoms in total. The van der Waals surface area contributed by atoms with Crippen molar-refractivity contribution in [3.63, 3.8) is 0 Å². The van der Waals surface area contributed by atoms with Gasteiger partial charge in [-0.2, -0.15) is 0 Å². The highest BCUT2D eigenvalue weighted by Crippen LogP contribution is 2.09. The molecular weight excluding hydrogens is 180 g/mol. The van der Waals surface area contributed by atoms with E-state index in [1.807, 2.05) is 13.8 Å². The van der Waals surface area contributed by atoms with Crippen molar-refractivity contribution in [3.8, 4) is 0 Å². The Hall–Kier alpha value is -0.780. The van der Waals surface area contributed by atoms with Gasteiger partial charge in [0.1, 0.15) is 0 Å². The molecule has 0 unspecified atom stereocenters. The minimum Gasteiger partial charge on any atom is -0.0776 e. The quantitative estimate of drug-likeness (QED) is 0.647.